The number of ether oxygens (including phenoxy) is 1. The lowest BCUT2D eigenvalue weighted by molar-refractivity contribution is -0.104. The molecule has 0 unspecified atom stereocenters. The van der Waals surface area contributed by atoms with Gasteiger partial charge in [-0.3, -0.25) is 4.79 Å². The normalized spacial score (nSPS) is 18.7. The predicted molar refractivity (Wildman–Crippen MR) is 34.2 cm³/mol. The Labute approximate surface area is 54.5 Å². The highest BCUT2D eigenvalue weighted by atomic mass is 16.5. The summed E-state index contributed by atoms with van der Waals surface area (Å²) in [6.45, 7) is 0.587. The summed E-state index contributed by atoms with van der Waals surface area (Å²) in [4.78, 5) is 9.72. The molecule has 0 aromatic rings. The van der Waals surface area contributed by atoms with E-state index in [9.17, 15) is 4.79 Å². The van der Waals surface area contributed by atoms with Gasteiger partial charge in [-0.2, -0.15) is 0 Å². The Morgan fingerprint density at radius 1 is 1.56 bits per heavy atom. The highest BCUT2D eigenvalue weighted by Crippen LogP contribution is 2.22. The molecular formula is C7H10O2. The fraction of sp³-hybridized carbons (Fsp3) is 0.571. The van der Waals surface area contributed by atoms with E-state index in [1.54, 1.807) is 6.08 Å². The molecule has 0 spiro atoms. The van der Waals surface area contributed by atoms with Crippen molar-refractivity contribution in [1.29, 1.82) is 0 Å². The Morgan fingerprint density at radius 2 is 2.33 bits per heavy atom. The standard InChI is InChI=1S/C7H10O2/c8-5-1-2-6-9-7-3-4-7/h1-2,5,7H,3-4,6H2/b2-1+. The molecule has 0 bridgehead atoms. The van der Waals surface area contributed by atoms with E-state index in [1.807, 2.05) is 0 Å². The second-order valence-corrected chi connectivity index (χ2v) is 2.10. The number of rotatable bonds is 4. The average molecular weight is 126 g/mol. The van der Waals surface area contributed by atoms with Gasteiger partial charge in [0.15, 0.2) is 0 Å². The van der Waals surface area contributed by atoms with Crippen molar-refractivity contribution in [3.63, 3.8) is 0 Å². The molecule has 0 radical (unpaired) electrons. The zero-order valence-electron chi connectivity index (χ0n) is 5.25. The molecule has 0 amide bonds. The number of carbonyl (C=O) groups excluding carboxylic acids is 1. The van der Waals surface area contributed by atoms with Crippen LogP contribution in [0.4, 0.5) is 0 Å². The SMILES string of the molecule is O=C/C=C/COC1CC1. The smallest absolute Gasteiger partial charge is 0.142 e. The topological polar surface area (TPSA) is 26.3 Å². The number of hydrogen-bond donors (Lipinski definition) is 0. The Hall–Kier alpha value is -0.630. The maximum atomic E-state index is 9.72. The van der Waals surface area contributed by atoms with Crippen molar-refractivity contribution >= 4 is 6.29 Å². The summed E-state index contributed by atoms with van der Waals surface area (Å²) in [5, 5.41) is 0. The Kier molecular flexibility index (Phi) is 2.46. The Balaban J connectivity index is 1.91. The first-order valence-electron chi connectivity index (χ1n) is 3.15. The molecule has 0 aromatic heterocycles. The van der Waals surface area contributed by atoms with Gasteiger partial charge in [0.1, 0.15) is 6.29 Å². The lowest BCUT2D eigenvalue weighted by Crippen LogP contribution is -1.91. The van der Waals surface area contributed by atoms with Crippen molar-refractivity contribution in [2.45, 2.75) is 18.9 Å². The molecule has 1 fully saturated rings. The van der Waals surface area contributed by atoms with Gasteiger partial charge in [0.05, 0.1) is 12.7 Å². The van der Waals surface area contributed by atoms with E-state index in [0.29, 0.717) is 12.7 Å². The maximum absolute atomic E-state index is 9.72. The van der Waals surface area contributed by atoms with Gasteiger partial charge in [0, 0.05) is 0 Å². The molecule has 0 saturated heterocycles. The van der Waals surface area contributed by atoms with Gasteiger partial charge in [-0.15, -0.1) is 0 Å². The minimum absolute atomic E-state index is 0.487. The van der Waals surface area contributed by atoms with Gasteiger partial charge in [0.2, 0.25) is 0 Å². The van der Waals surface area contributed by atoms with E-state index < -0.39 is 0 Å². The van der Waals surface area contributed by atoms with Crippen molar-refractivity contribution in [1.82, 2.24) is 0 Å². The molecule has 9 heavy (non-hydrogen) atoms. The van der Waals surface area contributed by atoms with Crippen molar-refractivity contribution in [3.8, 4) is 0 Å². The summed E-state index contributed by atoms with van der Waals surface area (Å²) < 4.78 is 5.21. The van der Waals surface area contributed by atoms with Crippen LogP contribution in [0, 0.1) is 0 Å². The van der Waals surface area contributed by atoms with E-state index in [2.05, 4.69) is 0 Å². The summed E-state index contributed by atoms with van der Waals surface area (Å²) in [5.74, 6) is 0. The van der Waals surface area contributed by atoms with Crippen LogP contribution in [0.2, 0.25) is 0 Å². The monoisotopic (exact) mass is 126 g/mol. The zero-order valence-corrected chi connectivity index (χ0v) is 5.25. The van der Waals surface area contributed by atoms with Crippen LogP contribution in [0.1, 0.15) is 12.8 Å². The van der Waals surface area contributed by atoms with Crippen molar-refractivity contribution in [3.05, 3.63) is 12.2 Å². The van der Waals surface area contributed by atoms with Gasteiger partial charge in [-0.1, -0.05) is 6.08 Å². The van der Waals surface area contributed by atoms with Crippen molar-refractivity contribution < 1.29 is 9.53 Å². The Bertz CT molecular complexity index is 114. The third-order valence-corrected chi connectivity index (χ3v) is 1.17. The molecular weight excluding hydrogens is 116 g/mol. The van der Waals surface area contributed by atoms with E-state index in [-0.39, 0.29) is 0 Å². The van der Waals surface area contributed by atoms with Gasteiger partial charge >= 0.3 is 0 Å². The van der Waals surface area contributed by atoms with Gasteiger partial charge in [-0.25, -0.2) is 0 Å². The molecule has 0 heterocycles. The number of carbonyl (C=O) groups is 1. The maximum Gasteiger partial charge on any atom is 0.142 e. The molecule has 1 rings (SSSR count). The fourth-order valence-corrected chi connectivity index (χ4v) is 0.537. The fourth-order valence-electron chi connectivity index (χ4n) is 0.537. The molecule has 2 heteroatoms. The first kappa shape index (κ1) is 6.49. The minimum Gasteiger partial charge on any atom is -0.374 e. The number of allylic oxidation sites excluding steroid dienone is 1. The average Bonchev–Trinajstić information content (AvgIpc) is 2.63. The van der Waals surface area contributed by atoms with Crippen LogP contribution in [0.5, 0.6) is 0 Å². The summed E-state index contributed by atoms with van der Waals surface area (Å²) >= 11 is 0. The molecule has 0 aromatic carbocycles. The van der Waals surface area contributed by atoms with Gasteiger partial charge < -0.3 is 4.74 Å². The van der Waals surface area contributed by atoms with Crippen LogP contribution >= 0.6 is 0 Å². The van der Waals surface area contributed by atoms with Crippen LogP contribution < -0.4 is 0 Å². The van der Waals surface area contributed by atoms with Crippen LogP contribution in [-0.4, -0.2) is 19.0 Å². The highest BCUT2D eigenvalue weighted by Gasteiger charge is 2.20. The third kappa shape index (κ3) is 3.03. The van der Waals surface area contributed by atoms with E-state index in [0.717, 1.165) is 6.29 Å². The molecule has 1 aliphatic rings. The van der Waals surface area contributed by atoms with Crippen molar-refractivity contribution in [2.75, 3.05) is 6.61 Å². The summed E-state index contributed by atoms with van der Waals surface area (Å²) in [7, 11) is 0. The first-order chi connectivity index (χ1) is 4.43. The molecule has 1 saturated carbocycles. The van der Waals surface area contributed by atoms with Crippen LogP contribution in [-0.2, 0) is 9.53 Å². The molecule has 0 atom stereocenters. The van der Waals surface area contributed by atoms with Gasteiger partial charge in [0.25, 0.3) is 0 Å². The van der Waals surface area contributed by atoms with Crippen molar-refractivity contribution in [2.24, 2.45) is 0 Å². The summed E-state index contributed by atoms with van der Waals surface area (Å²) in [6, 6.07) is 0. The zero-order chi connectivity index (χ0) is 6.53. The van der Waals surface area contributed by atoms with E-state index >= 15 is 0 Å². The van der Waals surface area contributed by atoms with E-state index in [4.69, 9.17) is 4.74 Å². The van der Waals surface area contributed by atoms with Crippen LogP contribution in [0.25, 0.3) is 0 Å². The Morgan fingerprint density at radius 3 is 2.89 bits per heavy atom. The molecule has 2 nitrogen and oxygen atoms in total. The second-order valence-electron chi connectivity index (χ2n) is 2.10. The predicted octanol–water partition coefficient (Wildman–Crippen LogP) is 0.920. The number of hydrogen-bond acceptors (Lipinski definition) is 2. The number of aldehydes is 1. The minimum atomic E-state index is 0.487. The summed E-state index contributed by atoms with van der Waals surface area (Å²) in [5.41, 5.74) is 0. The molecule has 0 aliphatic heterocycles. The quantitative estimate of drug-likeness (QED) is 0.413. The largest absolute Gasteiger partial charge is 0.374 e. The molecule has 1 aliphatic carbocycles. The van der Waals surface area contributed by atoms with Gasteiger partial charge in [-0.05, 0) is 18.9 Å². The molecule has 0 N–H and O–H groups in total. The first-order valence-corrected chi connectivity index (χ1v) is 3.15. The molecule has 50 valence electrons. The lowest BCUT2D eigenvalue weighted by atomic mass is 10.5. The third-order valence-electron chi connectivity index (χ3n) is 1.17. The second kappa shape index (κ2) is 3.41. The van der Waals surface area contributed by atoms with E-state index in [1.165, 1.54) is 18.9 Å². The highest BCUT2D eigenvalue weighted by molar-refractivity contribution is 5.64. The van der Waals surface area contributed by atoms with Crippen LogP contribution in [0.3, 0.4) is 0 Å². The lowest BCUT2D eigenvalue weighted by Gasteiger charge is -1.92. The van der Waals surface area contributed by atoms with Crippen LogP contribution in [0.15, 0.2) is 12.2 Å². The summed E-state index contributed by atoms with van der Waals surface area (Å²) in [6.07, 6.45) is 6.81.